The van der Waals surface area contributed by atoms with E-state index in [2.05, 4.69) is 15.5 Å². The lowest BCUT2D eigenvalue weighted by Gasteiger charge is -2.07. The molecule has 0 fully saturated rings. The third-order valence-corrected chi connectivity index (χ3v) is 5.50. The minimum atomic E-state index is -0.177. The third kappa shape index (κ3) is 6.79. The molecule has 0 saturated heterocycles. The summed E-state index contributed by atoms with van der Waals surface area (Å²) in [5, 5.41) is 12.8. The van der Waals surface area contributed by atoms with E-state index in [1.807, 2.05) is 18.2 Å². The fraction of sp³-hybridized carbons (Fsp3) is 0.238. The van der Waals surface area contributed by atoms with Gasteiger partial charge in [-0.1, -0.05) is 64.9 Å². The van der Waals surface area contributed by atoms with Gasteiger partial charge in [-0.25, -0.2) is 0 Å². The lowest BCUT2D eigenvalue weighted by atomic mass is 10.1. The van der Waals surface area contributed by atoms with Crippen molar-refractivity contribution in [1.82, 2.24) is 10.2 Å². The monoisotopic (exact) mass is 463 g/mol. The Bertz CT molecular complexity index is 1010. The van der Waals surface area contributed by atoms with Crippen LogP contribution in [0.25, 0.3) is 0 Å². The standard InChI is InChI=1S/C21H19Cl2N3O3S/c22-15-8-10-18(16(23)13-15)29-12-4-7-19(28)24-21-26-25-20(30-21)11-9-17(27)14-5-2-1-3-6-14/h1-3,5-6,8,10,13H,4,7,9,11-12H2,(H,24,26,28). The van der Waals surface area contributed by atoms with Crippen LogP contribution < -0.4 is 10.1 Å². The van der Waals surface area contributed by atoms with Crippen LogP contribution in [0.2, 0.25) is 10.0 Å². The fourth-order valence-corrected chi connectivity index (χ4v) is 3.80. The number of benzene rings is 2. The van der Waals surface area contributed by atoms with Gasteiger partial charge in [0.15, 0.2) is 5.78 Å². The van der Waals surface area contributed by atoms with Crippen LogP contribution in [0.4, 0.5) is 5.13 Å². The molecule has 1 N–H and O–H groups in total. The molecule has 0 radical (unpaired) electrons. The first-order valence-corrected chi connectivity index (χ1v) is 10.9. The van der Waals surface area contributed by atoms with Gasteiger partial charge in [0.05, 0.1) is 11.6 Å². The van der Waals surface area contributed by atoms with Gasteiger partial charge in [0.1, 0.15) is 10.8 Å². The number of carbonyl (C=O) groups excluding carboxylic acids is 2. The predicted octanol–water partition coefficient (Wildman–Crippen LogP) is 5.46. The Morgan fingerprint density at radius 3 is 2.60 bits per heavy atom. The number of Topliss-reactive ketones (excluding diaryl/α,β-unsaturated/α-hetero) is 1. The van der Waals surface area contributed by atoms with E-state index in [1.54, 1.807) is 30.3 Å². The number of rotatable bonds is 10. The number of aryl methyl sites for hydroxylation is 1. The predicted molar refractivity (Wildman–Crippen MR) is 119 cm³/mol. The number of amides is 1. The highest BCUT2D eigenvalue weighted by molar-refractivity contribution is 7.15. The van der Waals surface area contributed by atoms with Crippen molar-refractivity contribution in [3.8, 4) is 5.75 Å². The van der Waals surface area contributed by atoms with Crippen molar-refractivity contribution < 1.29 is 14.3 Å². The molecule has 0 bridgehead atoms. The molecule has 30 heavy (non-hydrogen) atoms. The summed E-state index contributed by atoms with van der Waals surface area (Å²) in [5.74, 6) is 0.404. The van der Waals surface area contributed by atoms with Crippen molar-refractivity contribution in [1.29, 1.82) is 0 Å². The number of anilines is 1. The Kier molecular flexibility index (Phi) is 8.19. The van der Waals surface area contributed by atoms with Crippen molar-refractivity contribution in [3.05, 3.63) is 69.1 Å². The van der Waals surface area contributed by atoms with E-state index in [9.17, 15) is 9.59 Å². The molecule has 0 aliphatic heterocycles. The molecule has 1 heterocycles. The van der Waals surface area contributed by atoms with E-state index in [1.165, 1.54) is 11.3 Å². The zero-order valence-electron chi connectivity index (χ0n) is 15.9. The number of nitrogens with one attached hydrogen (secondary N) is 1. The summed E-state index contributed by atoms with van der Waals surface area (Å²) in [6.07, 6.45) is 1.61. The van der Waals surface area contributed by atoms with Crippen molar-refractivity contribution in [3.63, 3.8) is 0 Å². The van der Waals surface area contributed by atoms with Crippen LogP contribution >= 0.6 is 34.5 Å². The van der Waals surface area contributed by atoms with Gasteiger partial charge in [0.25, 0.3) is 0 Å². The van der Waals surface area contributed by atoms with Gasteiger partial charge in [-0.3, -0.25) is 9.59 Å². The molecule has 0 unspecified atom stereocenters. The zero-order valence-corrected chi connectivity index (χ0v) is 18.3. The summed E-state index contributed by atoms with van der Waals surface area (Å²) in [6, 6.07) is 14.1. The minimum absolute atomic E-state index is 0.0529. The average Bonchev–Trinajstić information content (AvgIpc) is 3.18. The lowest BCUT2D eigenvalue weighted by molar-refractivity contribution is -0.116. The van der Waals surface area contributed by atoms with Crippen LogP contribution in [0.5, 0.6) is 5.75 Å². The van der Waals surface area contributed by atoms with E-state index in [0.717, 1.165) is 0 Å². The molecular formula is C21H19Cl2N3O3S. The molecule has 0 spiro atoms. The van der Waals surface area contributed by atoms with Crippen LogP contribution in [-0.2, 0) is 11.2 Å². The fourth-order valence-electron chi connectivity index (χ4n) is 2.58. The maximum atomic E-state index is 12.1. The molecule has 0 aliphatic carbocycles. The normalized spacial score (nSPS) is 10.6. The van der Waals surface area contributed by atoms with E-state index >= 15 is 0 Å². The molecule has 3 rings (SSSR count). The van der Waals surface area contributed by atoms with Crippen molar-refractivity contribution >= 4 is 51.4 Å². The Balaban J connectivity index is 1.37. The molecule has 2 aromatic carbocycles. The van der Waals surface area contributed by atoms with Gasteiger partial charge in [0, 0.05) is 29.8 Å². The van der Waals surface area contributed by atoms with Gasteiger partial charge in [0.2, 0.25) is 11.0 Å². The minimum Gasteiger partial charge on any atom is -0.492 e. The Morgan fingerprint density at radius 1 is 1.03 bits per heavy atom. The van der Waals surface area contributed by atoms with Crippen LogP contribution in [0.3, 0.4) is 0 Å². The van der Waals surface area contributed by atoms with Gasteiger partial charge < -0.3 is 10.1 Å². The topological polar surface area (TPSA) is 81.2 Å². The molecular weight excluding hydrogens is 445 g/mol. The summed E-state index contributed by atoms with van der Waals surface area (Å²) in [4.78, 5) is 24.2. The second kappa shape index (κ2) is 11.1. The molecule has 3 aromatic rings. The number of ether oxygens (including phenoxy) is 1. The number of ketones is 1. The molecule has 0 atom stereocenters. The molecule has 6 nitrogen and oxygen atoms in total. The zero-order chi connectivity index (χ0) is 21.3. The highest BCUT2D eigenvalue weighted by Gasteiger charge is 2.11. The molecule has 156 valence electrons. The number of hydrogen-bond acceptors (Lipinski definition) is 6. The van der Waals surface area contributed by atoms with Crippen molar-refractivity contribution in [2.24, 2.45) is 0 Å². The van der Waals surface area contributed by atoms with E-state index in [-0.39, 0.29) is 18.1 Å². The molecule has 1 aromatic heterocycles. The Labute approximate surface area is 188 Å². The number of carbonyl (C=O) groups is 2. The first kappa shape index (κ1) is 22.2. The maximum absolute atomic E-state index is 12.1. The molecule has 0 aliphatic rings. The summed E-state index contributed by atoms with van der Waals surface area (Å²) in [5.41, 5.74) is 0.678. The summed E-state index contributed by atoms with van der Waals surface area (Å²) < 4.78 is 5.56. The van der Waals surface area contributed by atoms with Crippen LogP contribution in [0.1, 0.15) is 34.6 Å². The van der Waals surface area contributed by atoms with Crippen LogP contribution in [-0.4, -0.2) is 28.5 Å². The molecule has 0 saturated carbocycles. The maximum Gasteiger partial charge on any atom is 0.226 e. The first-order chi connectivity index (χ1) is 14.5. The largest absolute Gasteiger partial charge is 0.492 e. The van der Waals surface area contributed by atoms with Crippen LogP contribution in [0, 0.1) is 0 Å². The van der Waals surface area contributed by atoms with E-state index in [0.29, 0.717) is 57.4 Å². The molecule has 9 heteroatoms. The van der Waals surface area contributed by atoms with Gasteiger partial charge in [-0.05, 0) is 24.6 Å². The SMILES string of the molecule is O=C(CCCOc1ccc(Cl)cc1Cl)Nc1nnc(CCC(=O)c2ccccc2)s1. The number of nitrogens with zero attached hydrogens (tertiary/aromatic N) is 2. The quantitative estimate of drug-likeness (QED) is 0.318. The van der Waals surface area contributed by atoms with Crippen molar-refractivity contribution in [2.75, 3.05) is 11.9 Å². The lowest BCUT2D eigenvalue weighted by Crippen LogP contribution is -2.12. The number of hydrogen-bond donors (Lipinski definition) is 1. The summed E-state index contributed by atoms with van der Waals surface area (Å²) >= 11 is 13.1. The van der Waals surface area contributed by atoms with E-state index < -0.39 is 0 Å². The highest BCUT2D eigenvalue weighted by atomic mass is 35.5. The third-order valence-electron chi connectivity index (χ3n) is 4.07. The number of halogens is 2. The van der Waals surface area contributed by atoms with Gasteiger partial charge >= 0.3 is 0 Å². The highest BCUT2D eigenvalue weighted by Crippen LogP contribution is 2.27. The number of aromatic nitrogens is 2. The van der Waals surface area contributed by atoms with Crippen LogP contribution in [0.15, 0.2) is 48.5 Å². The first-order valence-electron chi connectivity index (χ1n) is 9.29. The Morgan fingerprint density at radius 2 is 1.83 bits per heavy atom. The smallest absolute Gasteiger partial charge is 0.226 e. The molecule has 1 amide bonds. The van der Waals surface area contributed by atoms with E-state index in [4.69, 9.17) is 27.9 Å². The van der Waals surface area contributed by atoms with Crippen molar-refractivity contribution in [2.45, 2.75) is 25.7 Å². The second-order valence-electron chi connectivity index (χ2n) is 6.37. The summed E-state index contributed by atoms with van der Waals surface area (Å²) in [6.45, 7) is 0.345. The van der Waals surface area contributed by atoms with Gasteiger partial charge in [-0.2, -0.15) is 0 Å². The second-order valence-corrected chi connectivity index (χ2v) is 8.27. The average molecular weight is 464 g/mol. The van der Waals surface area contributed by atoms with Gasteiger partial charge in [-0.15, -0.1) is 10.2 Å². The Hall–Kier alpha value is -2.48. The summed E-state index contributed by atoms with van der Waals surface area (Å²) in [7, 11) is 0.